The molecule has 15 heavy (non-hydrogen) atoms. The van der Waals surface area contributed by atoms with Gasteiger partial charge in [0.25, 0.3) is 0 Å². The van der Waals surface area contributed by atoms with Crippen LogP contribution in [0.5, 0.6) is 0 Å². The topological polar surface area (TPSA) is 37.3 Å². The van der Waals surface area contributed by atoms with Gasteiger partial charge in [-0.25, -0.2) is 0 Å². The van der Waals surface area contributed by atoms with Gasteiger partial charge in [-0.15, -0.1) is 0 Å². The summed E-state index contributed by atoms with van der Waals surface area (Å²) in [5.74, 6) is 0.696. The molecule has 0 radical (unpaired) electrons. The van der Waals surface area contributed by atoms with Crippen molar-refractivity contribution >= 4 is 5.78 Å². The maximum Gasteiger partial charge on any atom is 0.134 e. The number of aliphatic hydroxyl groups is 1. The Morgan fingerprint density at radius 1 is 1.60 bits per heavy atom. The van der Waals surface area contributed by atoms with E-state index in [4.69, 9.17) is 0 Å². The molecule has 1 N–H and O–H groups in total. The lowest BCUT2D eigenvalue weighted by Crippen LogP contribution is -2.30. The van der Waals surface area contributed by atoms with Crippen molar-refractivity contribution in [2.75, 3.05) is 0 Å². The monoisotopic (exact) mass is 210 g/mol. The van der Waals surface area contributed by atoms with Crippen LogP contribution in [0.3, 0.4) is 0 Å². The summed E-state index contributed by atoms with van der Waals surface area (Å²) in [7, 11) is 0. The fraction of sp³-hybridized carbons (Fsp3) is 0.769. The normalized spacial score (nSPS) is 30.6. The van der Waals surface area contributed by atoms with Crippen LogP contribution in [0.2, 0.25) is 0 Å². The standard InChI is InChI=1S/C13H22O2/c1-9-7-11(15)8-13(3,4)12(9)6-5-10(2)14/h6,9-10,14H,5,7-8H2,1-4H3/b12-6-. The van der Waals surface area contributed by atoms with Crippen molar-refractivity contribution in [2.45, 2.75) is 53.1 Å². The number of Topliss-reactive ketones (excluding diaryl/α,β-unsaturated/α-hetero) is 1. The van der Waals surface area contributed by atoms with E-state index in [1.807, 2.05) is 0 Å². The predicted molar refractivity (Wildman–Crippen MR) is 61.6 cm³/mol. The van der Waals surface area contributed by atoms with Crippen LogP contribution in [-0.2, 0) is 4.79 Å². The number of aliphatic hydroxyl groups excluding tert-OH is 1. The first-order chi connectivity index (χ1) is 6.83. The fourth-order valence-electron chi connectivity index (χ4n) is 2.56. The van der Waals surface area contributed by atoms with Crippen LogP contribution in [0.4, 0.5) is 0 Å². The van der Waals surface area contributed by atoms with Gasteiger partial charge in [0.2, 0.25) is 0 Å². The molecular weight excluding hydrogens is 188 g/mol. The first-order valence-corrected chi connectivity index (χ1v) is 5.73. The summed E-state index contributed by atoms with van der Waals surface area (Å²) in [4.78, 5) is 11.5. The van der Waals surface area contributed by atoms with Crippen molar-refractivity contribution in [3.05, 3.63) is 11.6 Å². The zero-order valence-corrected chi connectivity index (χ0v) is 10.2. The third-order valence-electron chi connectivity index (χ3n) is 3.16. The van der Waals surface area contributed by atoms with E-state index in [0.29, 0.717) is 31.0 Å². The van der Waals surface area contributed by atoms with Gasteiger partial charge < -0.3 is 5.11 Å². The maximum absolute atomic E-state index is 11.5. The Kier molecular flexibility index (Phi) is 3.72. The van der Waals surface area contributed by atoms with E-state index in [2.05, 4.69) is 26.8 Å². The number of ketones is 1. The van der Waals surface area contributed by atoms with Gasteiger partial charge in [-0.2, -0.15) is 0 Å². The Balaban J connectivity index is 2.84. The van der Waals surface area contributed by atoms with Crippen molar-refractivity contribution in [3.63, 3.8) is 0 Å². The molecule has 1 saturated carbocycles. The highest BCUT2D eigenvalue weighted by Gasteiger charge is 2.35. The average molecular weight is 210 g/mol. The summed E-state index contributed by atoms with van der Waals surface area (Å²) in [6.07, 6.45) is 3.83. The molecule has 0 spiro atoms. The lowest BCUT2D eigenvalue weighted by atomic mass is 9.67. The summed E-state index contributed by atoms with van der Waals surface area (Å²) in [6, 6.07) is 0. The molecule has 0 bridgehead atoms. The van der Waals surface area contributed by atoms with E-state index < -0.39 is 0 Å². The Hall–Kier alpha value is -0.630. The van der Waals surface area contributed by atoms with Crippen LogP contribution >= 0.6 is 0 Å². The Morgan fingerprint density at radius 2 is 2.20 bits per heavy atom. The maximum atomic E-state index is 11.5. The van der Waals surface area contributed by atoms with Gasteiger partial charge in [0.05, 0.1) is 6.10 Å². The van der Waals surface area contributed by atoms with Crippen molar-refractivity contribution in [3.8, 4) is 0 Å². The fourth-order valence-corrected chi connectivity index (χ4v) is 2.56. The van der Waals surface area contributed by atoms with E-state index in [1.54, 1.807) is 6.92 Å². The molecule has 0 heterocycles. The van der Waals surface area contributed by atoms with Crippen LogP contribution in [-0.4, -0.2) is 17.0 Å². The van der Waals surface area contributed by atoms with E-state index in [1.165, 1.54) is 5.57 Å². The lowest BCUT2D eigenvalue weighted by molar-refractivity contribution is -0.122. The van der Waals surface area contributed by atoms with Crippen LogP contribution in [0.1, 0.15) is 47.0 Å². The van der Waals surface area contributed by atoms with E-state index in [9.17, 15) is 9.90 Å². The van der Waals surface area contributed by atoms with Gasteiger partial charge in [-0.1, -0.05) is 32.4 Å². The number of carbonyl (C=O) groups excluding carboxylic acids is 1. The molecule has 1 aliphatic carbocycles. The minimum absolute atomic E-state index is 0.0242. The van der Waals surface area contributed by atoms with Crippen molar-refractivity contribution in [1.82, 2.24) is 0 Å². The molecule has 1 fully saturated rings. The molecule has 2 atom stereocenters. The van der Waals surface area contributed by atoms with Crippen LogP contribution in [0.15, 0.2) is 11.6 Å². The quantitative estimate of drug-likeness (QED) is 0.711. The molecule has 86 valence electrons. The summed E-state index contributed by atoms with van der Waals surface area (Å²) < 4.78 is 0. The first-order valence-electron chi connectivity index (χ1n) is 5.73. The molecule has 0 amide bonds. The Bertz CT molecular complexity index is 274. The van der Waals surface area contributed by atoms with Gasteiger partial charge in [0, 0.05) is 12.8 Å². The van der Waals surface area contributed by atoms with Crippen LogP contribution < -0.4 is 0 Å². The Labute approximate surface area is 92.4 Å². The molecule has 0 saturated heterocycles. The number of hydrogen-bond donors (Lipinski definition) is 1. The zero-order chi connectivity index (χ0) is 11.6. The van der Waals surface area contributed by atoms with E-state index in [0.717, 1.165) is 0 Å². The van der Waals surface area contributed by atoms with E-state index >= 15 is 0 Å². The first kappa shape index (κ1) is 12.4. The Morgan fingerprint density at radius 3 is 2.67 bits per heavy atom. The van der Waals surface area contributed by atoms with Gasteiger partial charge in [0.1, 0.15) is 5.78 Å². The minimum Gasteiger partial charge on any atom is -0.393 e. The van der Waals surface area contributed by atoms with Gasteiger partial charge in [-0.05, 0) is 24.7 Å². The second kappa shape index (κ2) is 4.48. The van der Waals surface area contributed by atoms with E-state index in [-0.39, 0.29) is 11.5 Å². The SMILES string of the molecule is CC(O)C/C=C1/C(C)CC(=O)CC1(C)C. The van der Waals surface area contributed by atoms with Crippen molar-refractivity contribution in [1.29, 1.82) is 0 Å². The highest BCUT2D eigenvalue weighted by atomic mass is 16.3. The van der Waals surface area contributed by atoms with Gasteiger partial charge in [-0.3, -0.25) is 4.79 Å². The molecule has 2 unspecified atom stereocenters. The number of rotatable bonds is 2. The molecule has 2 nitrogen and oxygen atoms in total. The van der Waals surface area contributed by atoms with Crippen LogP contribution in [0.25, 0.3) is 0 Å². The van der Waals surface area contributed by atoms with Gasteiger partial charge >= 0.3 is 0 Å². The molecule has 1 rings (SSSR count). The lowest BCUT2D eigenvalue weighted by Gasteiger charge is -2.36. The van der Waals surface area contributed by atoms with Gasteiger partial charge in [0.15, 0.2) is 0 Å². The molecule has 0 aromatic rings. The molecule has 1 aliphatic rings. The predicted octanol–water partition coefficient (Wildman–Crippen LogP) is 2.71. The smallest absolute Gasteiger partial charge is 0.134 e. The second-order valence-corrected chi connectivity index (χ2v) is 5.45. The number of carbonyl (C=O) groups is 1. The second-order valence-electron chi connectivity index (χ2n) is 5.45. The van der Waals surface area contributed by atoms with Crippen molar-refractivity contribution < 1.29 is 9.90 Å². The molecule has 0 aromatic heterocycles. The summed E-state index contributed by atoms with van der Waals surface area (Å²) in [5.41, 5.74) is 1.31. The molecule has 0 aromatic carbocycles. The highest BCUT2D eigenvalue weighted by molar-refractivity contribution is 5.81. The van der Waals surface area contributed by atoms with Crippen LogP contribution in [0, 0.1) is 11.3 Å². The summed E-state index contributed by atoms with van der Waals surface area (Å²) >= 11 is 0. The van der Waals surface area contributed by atoms with Crippen molar-refractivity contribution in [2.24, 2.45) is 11.3 Å². The summed E-state index contributed by atoms with van der Waals surface area (Å²) in [5, 5.41) is 9.28. The molecule has 0 aliphatic heterocycles. The third-order valence-corrected chi connectivity index (χ3v) is 3.16. The highest BCUT2D eigenvalue weighted by Crippen LogP contribution is 2.42. The minimum atomic E-state index is -0.293. The third kappa shape index (κ3) is 3.16. The average Bonchev–Trinajstić information content (AvgIpc) is 1.98. The molecular formula is C13H22O2. The summed E-state index contributed by atoms with van der Waals surface area (Å²) in [6.45, 7) is 8.14. The zero-order valence-electron chi connectivity index (χ0n) is 10.2. The molecule has 2 heteroatoms. The number of hydrogen-bond acceptors (Lipinski definition) is 2. The largest absolute Gasteiger partial charge is 0.393 e. The number of allylic oxidation sites excluding steroid dienone is 1.